The molecule has 2 nitrogen and oxygen atoms in total. The van der Waals surface area contributed by atoms with Crippen LogP contribution in [0, 0.1) is 0 Å². The van der Waals surface area contributed by atoms with Crippen molar-refractivity contribution in [3.05, 3.63) is 41.4 Å². The SMILES string of the molecule is O=CCn1ccc2c(/C=C/S)cccc21. The largest absolute Gasteiger partial charge is 0.340 e. The van der Waals surface area contributed by atoms with Crippen LogP contribution in [0.15, 0.2) is 35.9 Å². The summed E-state index contributed by atoms with van der Waals surface area (Å²) in [5.41, 5.74) is 2.19. The van der Waals surface area contributed by atoms with E-state index >= 15 is 0 Å². The lowest BCUT2D eigenvalue weighted by Crippen LogP contribution is -1.95. The number of nitrogens with zero attached hydrogens (tertiary/aromatic N) is 1. The summed E-state index contributed by atoms with van der Waals surface area (Å²) in [6.45, 7) is 0.400. The van der Waals surface area contributed by atoms with Crippen LogP contribution in [0.4, 0.5) is 0 Å². The van der Waals surface area contributed by atoms with Crippen LogP contribution in [0.1, 0.15) is 5.56 Å². The third-order valence-electron chi connectivity index (χ3n) is 2.37. The fraction of sp³-hybridized carbons (Fsp3) is 0.0833. The van der Waals surface area contributed by atoms with Crippen LogP contribution >= 0.6 is 12.6 Å². The quantitative estimate of drug-likeness (QED) is 0.619. The minimum Gasteiger partial charge on any atom is -0.340 e. The van der Waals surface area contributed by atoms with Crippen LogP contribution in [-0.2, 0) is 11.3 Å². The number of rotatable bonds is 3. The Kier molecular flexibility index (Phi) is 2.92. The second kappa shape index (κ2) is 4.36. The molecule has 0 N–H and O–H groups in total. The molecule has 76 valence electrons. The Morgan fingerprint density at radius 2 is 2.20 bits per heavy atom. The number of aldehydes is 1. The van der Waals surface area contributed by atoms with E-state index in [2.05, 4.69) is 12.6 Å². The van der Waals surface area contributed by atoms with Gasteiger partial charge in [-0.3, -0.25) is 0 Å². The molecule has 1 aromatic carbocycles. The highest BCUT2D eigenvalue weighted by atomic mass is 32.1. The van der Waals surface area contributed by atoms with E-state index in [-0.39, 0.29) is 0 Å². The van der Waals surface area contributed by atoms with Gasteiger partial charge in [0.05, 0.1) is 6.54 Å². The second-order valence-electron chi connectivity index (χ2n) is 3.23. The van der Waals surface area contributed by atoms with Crippen LogP contribution in [0.5, 0.6) is 0 Å². The van der Waals surface area contributed by atoms with Crippen LogP contribution < -0.4 is 0 Å². The van der Waals surface area contributed by atoms with Gasteiger partial charge < -0.3 is 9.36 Å². The first-order chi connectivity index (χ1) is 7.36. The monoisotopic (exact) mass is 217 g/mol. The van der Waals surface area contributed by atoms with E-state index in [1.807, 2.05) is 41.1 Å². The molecule has 0 bridgehead atoms. The number of hydrogen-bond acceptors (Lipinski definition) is 2. The third kappa shape index (κ3) is 1.83. The molecule has 0 aliphatic heterocycles. The second-order valence-corrected chi connectivity index (χ2v) is 3.53. The normalized spacial score (nSPS) is 11.3. The number of carbonyl (C=O) groups is 1. The summed E-state index contributed by atoms with van der Waals surface area (Å²) in [7, 11) is 0. The Bertz CT molecular complexity index is 513. The molecule has 0 unspecified atom stereocenters. The van der Waals surface area contributed by atoms with E-state index in [0.717, 1.165) is 22.8 Å². The first-order valence-corrected chi connectivity index (χ1v) is 5.20. The topological polar surface area (TPSA) is 22.0 Å². The van der Waals surface area contributed by atoms with E-state index in [0.29, 0.717) is 6.54 Å². The van der Waals surface area contributed by atoms with Crippen molar-refractivity contribution < 1.29 is 4.79 Å². The Labute approximate surface area is 93.6 Å². The minimum absolute atomic E-state index is 0.400. The molecule has 0 aliphatic carbocycles. The van der Waals surface area contributed by atoms with E-state index in [4.69, 9.17) is 0 Å². The van der Waals surface area contributed by atoms with Crippen LogP contribution in [0.25, 0.3) is 17.0 Å². The van der Waals surface area contributed by atoms with Crippen LogP contribution in [0.3, 0.4) is 0 Å². The molecule has 0 saturated heterocycles. The highest BCUT2D eigenvalue weighted by Crippen LogP contribution is 2.21. The molecule has 1 heterocycles. The summed E-state index contributed by atoms with van der Waals surface area (Å²) in [4.78, 5) is 10.5. The minimum atomic E-state index is 0.400. The van der Waals surface area contributed by atoms with Gasteiger partial charge in [-0.25, -0.2) is 0 Å². The first-order valence-electron chi connectivity index (χ1n) is 4.69. The van der Waals surface area contributed by atoms with Crippen molar-refractivity contribution in [1.82, 2.24) is 4.57 Å². The van der Waals surface area contributed by atoms with Gasteiger partial charge >= 0.3 is 0 Å². The zero-order valence-electron chi connectivity index (χ0n) is 8.13. The predicted octanol–water partition coefficient (Wildman–Crippen LogP) is 2.74. The molecule has 1 aromatic heterocycles. The fourth-order valence-electron chi connectivity index (χ4n) is 1.71. The van der Waals surface area contributed by atoms with Crippen molar-refractivity contribution in [3.63, 3.8) is 0 Å². The summed E-state index contributed by atoms with van der Waals surface area (Å²) in [6.07, 6.45) is 4.77. The Balaban J connectivity index is 2.62. The summed E-state index contributed by atoms with van der Waals surface area (Å²) >= 11 is 4.06. The van der Waals surface area contributed by atoms with E-state index in [1.165, 1.54) is 0 Å². The fourth-order valence-corrected chi connectivity index (χ4v) is 1.87. The predicted molar refractivity (Wildman–Crippen MR) is 66.0 cm³/mol. The summed E-state index contributed by atoms with van der Waals surface area (Å²) < 4.78 is 1.93. The summed E-state index contributed by atoms with van der Waals surface area (Å²) in [6, 6.07) is 8.03. The van der Waals surface area contributed by atoms with Gasteiger partial charge in [0.15, 0.2) is 0 Å². The van der Waals surface area contributed by atoms with Gasteiger partial charge in [-0.2, -0.15) is 12.6 Å². The Hall–Kier alpha value is -1.48. The lowest BCUT2D eigenvalue weighted by molar-refractivity contribution is -0.108. The average molecular weight is 217 g/mol. The maximum atomic E-state index is 10.5. The molecular weight excluding hydrogens is 206 g/mol. The first kappa shape index (κ1) is 10.1. The van der Waals surface area contributed by atoms with Crippen LogP contribution in [0.2, 0.25) is 0 Å². The van der Waals surface area contributed by atoms with Gasteiger partial charge in [0, 0.05) is 17.1 Å². The van der Waals surface area contributed by atoms with Gasteiger partial charge in [-0.1, -0.05) is 12.1 Å². The number of thiol groups is 1. The number of aromatic nitrogens is 1. The standard InChI is InChI=1S/C12H11NOS/c14-8-7-13-6-4-11-10(5-9-15)2-1-3-12(11)13/h1-6,8-9,15H,7H2/b9-5+. The molecule has 2 rings (SSSR count). The Morgan fingerprint density at radius 1 is 1.33 bits per heavy atom. The Morgan fingerprint density at radius 3 is 2.93 bits per heavy atom. The van der Waals surface area contributed by atoms with E-state index in [1.54, 1.807) is 5.41 Å². The smallest absolute Gasteiger partial charge is 0.139 e. The number of fused-ring (bicyclic) bond motifs is 1. The van der Waals surface area contributed by atoms with Gasteiger partial charge in [0.2, 0.25) is 0 Å². The maximum Gasteiger partial charge on any atom is 0.139 e. The van der Waals surface area contributed by atoms with Gasteiger partial charge in [0.1, 0.15) is 6.29 Å². The lowest BCUT2D eigenvalue weighted by Gasteiger charge is -2.01. The van der Waals surface area contributed by atoms with Crippen molar-refractivity contribution in [1.29, 1.82) is 0 Å². The van der Waals surface area contributed by atoms with Crippen LogP contribution in [-0.4, -0.2) is 10.9 Å². The zero-order chi connectivity index (χ0) is 10.7. The van der Waals surface area contributed by atoms with Crippen molar-refractivity contribution in [2.75, 3.05) is 0 Å². The van der Waals surface area contributed by atoms with E-state index in [9.17, 15) is 4.79 Å². The third-order valence-corrected chi connectivity index (χ3v) is 2.52. The van der Waals surface area contributed by atoms with Gasteiger partial charge in [-0.05, 0) is 29.2 Å². The van der Waals surface area contributed by atoms with E-state index < -0.39 is 0 Å². The van der Waals surface area contributed by atoms with Crippen molar-refractivity contribution in [2.45, 2.75) is 6.54 Å². The van der Waals surface area contributed by atoms with Crippen molar-refractivity contribution >= 4 is 35.9 Å². The summed E-state index contributed by atoms with van der Waals surface area (Å²) in [5.74, 6) is 0. The molecular formula is C12H11NOS. The molecule has 2 aromatic rings. The zero-order valence-corrected chi connectivity index (χ0v) is 9.02. The van der Waals surface area contributed by atoms with Gasteiger partial charge in [0.25, 0.3) is 0 Å². The lowest BCUT2D eigenvalue weighted by atomic mass is 10.1. The average Bonchev–Trinajstić information content (AvgIpc) is 2.64. The molecule has 0 aliphatic rings. The number of carbonyl (C=O) groups excluding carboxylic acids is 1. The van der Waals surface area contributed by atoms with Gasteiger partial charge in [-0.15, -0.1) is 0 Å². The number of hydrogen-bond donors (Lipinski definition) is 1. The maximum absolute atomic E-state index is 10.5. The van der Waals surface area contributed by atoms with Crippen molar-refractivity contribution in [2.24, 2.45) is 0 Å². The molecule has 0 atom stereocenters. The molecule has 0 saturated carbocycles. The molecule has 3 heteroatoms. The molecule has 0 spiro atoms. The van der Waals surface area contributed by atoms with Crippen molar-refractivity contribution in [3.8, 4) is 0 Å². The highest BCUT2D eigenvalue weighted by Gasteiger charge is 2.02. The highest BCUT2D eigenvalue weighted by molar-refractivity contribution is 7.83. The molecule has 15 heavy (non-hydrogen) atoms. The molecule has 0 fully saturated rings. The summed E-state index contributed by atoms with van der Waals surface area (Å²) in [5, 5.41) is 2.86. The molecule has 0 radical (unpaired) electrons. The molecule has 0 amide bonds. The number of benzene rings is 1.